The molecule has 3 N–H and O–H groups in total. The fourth-order valence-corrected chi connectivity index (χ4v) is 4.67. The lowest BCUT2D eigenvalue weighted by atomic mass is 10.2. The highest BCUT2D eigenvalue weighted by Gasteiger charge is 2.20. The van der Waals surface area contributed by atoms with Crippen molar-refractivity contribution in [1.29, 1.82) is 0 Å². The van der Waals surface area contributed by atoms with Crippen LogP contribution in [0.4, 0.5) is 5.69 Å². The van der Waals surface area contributed by atoms with Crippen molar-refractivity contribution in [3.8, 4) is 5.75 Å². The first-order chi connectivity index (χ1) is 13.6. The zero-order valence-corrected chi connectivity index (χ0v) is 18.6. The summed E-state index contributed by atoms with van der Waals surface area (Å²) in [5, 5.41) is 2.54. The molecule has 8 nitrogen and oxygen atoms in total. The van der Waals surface area contributed by atoms with Crippen LogP contribution in [-0.4, -0.2) is 59.8 Å². The number of fused-ring (bicyclic) bond motifs is 1. The molecule has 164 valence electrons. The summed E-state index contributed by atoms with van der Waals surface area (Å²) in [5.41, 5.74) is 1.51. The molecule has 3 aromatic rings. The van der Waals surface area contributed by atoms with Crippen molar-refractivity contribution in [1.82, 2.24) is 14.5 Å². The van der Waals surface area contributed by atoms with Crippen LogP contribution >= 0.6 is 23.7 Å². The van der Waals surface area contributed by atoms with Crippen LogP contribution < -0.4 is 20.9 Å². The van der Waals surface area contributed by atoms with Gasteiger partial charge in [-0.25, -0.2) is 4.79 Å². The molecule has 0 radical (unpaired) electrons. The van der Waals surface area contributed by atoms with Gasteiger partial charge in [-0.2, -0.15) is 0 Å². The first kappa shape index (κ1) is 23.9. The van der Waals surface area contributed by atoms with Crippen molar-refractivity contribution in [2.45, 2.75) is 13.5 Å². The molecule has 0 amide bonds. The van der Waals surface area contributed by atoms with E-state index in [4.69, 9.17) is 4.74 Å². The summed E-state index contributed by atoms with van der Waals surface area (Å²) >= 11 is 1.40. The van der Waals surface area contributed by atoms with E-state index in [1.807, 2.05) is 30.5 Å². The minimum absolute atomic E-state index is 0. The number of anilines is 1. The molecule has 30 heavy (non-hydrogen) atoms. The van der Waals surface area contributed by atoms with Crippen molar-refractivity contribution < 1.29 is 10.2 Å². The fraction of sp³-hybridized carbons (Fsp3) is 0.400. The lowest BCUT2D eigenvalue weighted by molar-refractivity contribution is 0.245. The van der Waals surface area contributed by atoms with E-state index in [-0.39, 0.29) is 29.1 Å². The molecule has 0 spiro atoms. The number of methoxy groups -OCH3 is 1. The number of hydrogen-bond donors (Lipinski definition) is 1. The molecule has 0 atom stereocenters. The van der Waals surface area contributed by atoms with Crippen LogP contribution in [0.3, 0.4) is 0 Å². The maximum atomic E-state index is 12.7. The zero-order chi connectivity index (χ0) is 19.7. The lowest BCUT2D eigenvalue weighted by Gasteiger charge is -2.36. The highest BCUT2D eigenvalue weighted by molar-refractivity contribution is 7.16. The molecule has 0 bridgehead atoms. The van der Waals surface area contributed by atoms with Gasteiger partial charge in [0.05, 0.1) is 18.2 Å². The molecular formula is C20H27ClN4O4S. The number of para-hydroxylation sites is 2. The molecule has 0 unspecified atom stereocenters. The van der Waals surface area contributed by atoms with E-state index in [2.05, 4.69) is 20.9 Å². The Morgan fingerprint density at radius 1 is 1.10 bits per heavy atom. The molecule has 2 aromatic heterocycles. The van der Waals surface area contributed by atoms with Crippen LogP contribution in [0.1, 0.15) is 5.56 Å². The Labute approximate surface area is 184 Å². The number of nitrogens with zero attached hydrogens (tertiary/aromatic N) is 3. The predicted octanol–water partition coefficient (Wildman–Crippen LogP) is 1.49. The molecule has 1 aromatic carbocycles. The van der Waals surface area contributed by atoms with Crippen LogP contribution in [0.15, 0.2) is 39.2 Å². The first-order valence-electron chi connectivity index (χ1n) is 9.39. The number of piperazine rings is 1. The fourth-order valence-electron chi connectivity index (χ4n) is 3.74. The minimum Gasteiger partial charge on any atom is -0.495 e. The number of hydrogen-bond acceptors (Lipinski definition) is 6. The Kier molecular flexibility index (Phi) is 8.08. The SMILES string of the molecule is COc1ccccc1N1CCN(CCn2c(=O)[nH]c3scc(C)c3c2=O)CC1.Cl.O. The van der Waals surface area contributed by atoms with Gasteiger partial charge in [0, 0.05) is 39.3 Å². The molecule has 1 fully saturated rings. The van der Waals surface area contributed by atoms with E-state index in [0.717, 1.165) is 43.2 Å². The number of rotatable bonds is 5. The number of nitrogens with one attached hydrogen (secondary N) is 1. The minimum atomic E-state index is -0.327. The standard InChI is InChI=1S/C20H24N4O3S.ClH.H2O/c1-14-13-28-18-17(14)19(25)24(20(26)21-18)12-9-22-7-10-23(11-8-22)15-5-3-4-6-16(15)27-2;;/h3-6,13H,7-12H2,1-2H3,(H,21,26);1H;1H2. The van der Waals surface area contributed by atoms with Gasteiger partial charge in [-0.05, 0) is 30.0 Å². The summed E-state index contributed by atoms with van der Waals surface area (Å²) in [4.78, 5) is 33.1. The van der Waals surface area contributed by atoms with Crippen LogP contribution in [0.25, 0.3) is 10.2 Å². The third kappa shape index (κ3) is 4.54. The Bertz CT molecular complexity index is 1100. The highest BCUT2D eigenvalue weighted by atomic mass is 35.5. The summed E-state index contributed by atoms with van der Waals surface area (Å²) in [7, 11) is 1.69. The summed E-state index contributed by atoms with van der Waals surface area (Å²) < 4.78 is 6.79. The van der Waals surface area contributed by atoms with Crippen molar-refractivity contribution in [2.75, 3.05) is 44.7 Å². The zero-order valence-electron chi connectivity index (χ0n) is 17.0. The topological polar surface area (TPSA) is 102 Å². The van der Waals surface area contributed by atoms with Crippen LogP contribution in [-0.2, 0) is 6.54 Å². The molecule has 1 aliphatic heterocycles. The second-order valence-corrected chi connectivity index (χ2v) is 7.89. The van der Waals surface area contributed by atoms with E-state index in [9.17, 15) is 9.59 Å². The molecule has 0 saturated carbocycles. The summed E-state index contributed by atoms with van der Waals surface area (Å²) in [5.74, 6) is 0.883. The van der Waals surface area contributed by atoms with E-state index >= 15 is 0 Å². The lowest BCUT2D eigenvalue weighted by Crippen LogP contribution is -2.48. The number of thiophene rings is 1. The van der Waals surface area contributed by atoms with Crippen LogP contribution in [0, 0.1) is 6.92 Å². The summed E-state index contributed by atoms with van der Waals surface area (Å²) in [6.45, 7) is 6.50. The highest BCUT2D eigenvalue weighted by Crippen LogP contribution is 2.28. The van der Waals surface area contributed by atoms with Crippen molar-refractivity contribution in [3.63, 3.8) is 0 Å². The third-order valence-corrected chi connectivity index (χ3v) is 6.35. The van der Waals surface area contributed by atoms with Crippen molar-refractivity contribution in [3.05, 3.63) is 56.0 Å². The number of aromatic amines is 1. The van der Waals surface area contributed by atoms with E-state index < -0.39 is 0 Å². The Hall–Kier alpha value is -2.33. The molecule has 1 saturated heterocycles. The van der Waals surface area contributed by atoms with Gasteiger partial charge in [-0.3, -0.25) is 19.2 Å². The number of aryl methyl sites for hydroxylation is 1. The van der Waals surface area contributed by atoms with E-state index in [1.54, 1.807) is 7.11 Å². The number of aromatic nitrogens is 2. The third-order valence-electron chi connectivity index (χ3n) is 5.34. The molecule has 10 heteroatoms. The van der Waals surface area contributed by atoms with Gasteiger partial charge in [0.15, 0.2) is 0 Å². The van der Waals surface area contributed by atoms with Gasteiger partial charge in [0.1, 0.15) is 10.6 Å². The molecule has 3 heterocycles. The van der Waals surface area contributed by atoms with E-state index in [1.165, 1.54) is 15.9 Å². The van der Waals surface area contributed by atoms with Gasteiger partial charge in [-0.1, -0.05) is 12.1 Å². The maximum absolute atomic E-state index is 12.7. The molecule has 0 aliphatic carbocycles. The van der Waals surface area contributed by atoms with Gasteiger partial charge < -0.3 is 15.1 Å². The normalized spacial score (nSPS) is 14.3. The maximum Gasteiger partial charge on any atom is 0.329 e. The summed E-state index contributed by atoms with van der Waals surface area (Å²) in [6.07, 6.45) is 0. The van der Waals surface area contributed by atoms with Gasteiger partial charge in [0.2, 0.25) is 0 Å². The monoisotopic (exact) mass is 454 g/mol. The van der Waals surface area contributed by atoms with Crippen molar-refractivity contribution >= 4 is 39.6 Å². The average Bonchev–Trinajstić information content (AvgIpc) is 3.08. The Morgan fingerprint density at radius 3 is 2.50 bits per heavy atom. The second kappa shape index (κ2) is 10.1. The number of halogens is 1. The van der Waals surface area contributed by atoms with Crippen LogP contribution in [0.5, 0.6) is 5.75 Å². The molecular weight excluding hydrogens is 428 g/mol. The number of benzene rings is 1. The molecule has 1 aliphatic rings. The Balaban J connectivity index is 0.00000160. The van der Waals surface area contributed by atoms with Gasteiger partial charge >= 0.3 is 5.69 Å². The average molecular weight is 455 g/mol. The smallest absolute Gasteiger partial charge is 0.329 e. The van der Waals surface area contributed by atoms with E-state index in [0.29, 0.717) is 23.3 Å². The predicted molar refractivity (Wildman–Crippen MR) is 124 cm³/mol. The Morgan fingerprint density at radius 2 is 1.80 bits per heavy atom. The van der Waals surface area contributed by atoms with Crippen molar-refractivity contribution in [2.24, 2.45) is 0 Å². The van der Waals surface area contributed by atoms with Crippen LogP contribution in [0.2, 0.25) is 0 Å². The quantitative estimate of drug-likeness (QED) is 0.629. The van der Waals surface area contributed by atoms with Gasteiger partial charge in [0.25, 0.3) is 5.56 Å². The summed E-state index contributed by atoms with van der Waals surface area (Å²) in [6, 6.07) is 8.04. The second-order valence-electron chi connectivity index (χ2n) is 7.01. The van der Waals surface area contributed by atoms with Gasteiger partial charge in [-0.15, -0.1) is 23.7 Å². The largest absolute Gasteiger partial charge is 0.495 e. The number of H-pyrrole nitrogens is 1. The number of ether oxygens (including phenoxy) is 1. The first-order valence-corrected chi connectivity index (χ1v) is 10.3. The molecule has 4 rings (SSSR count).